The summed E-state index contributed by atoms with van der Waals surface area (Å²) in [6.07, 6.45) is 1.01. The number of methoxy groups -OCH3 is 1. The second kappa shape index (κ2) is 7.31. The number of anilines is 1. The molecular weight excluding hydrogens is 276 g/mol. The standard InChI is InChI=1S/C14H18N2O3S/c1-19-13(17)7-4-10-2-5-11(6-3-10)16-14(18)12-8-20-9-15-12/h2-3,5-6,12,15H,4,7-9H2,1H3,(H,16,18). The summed E-state index contributed by atoms with van der Waals surface area (Å²) >= 11 is 1.72. The highest BCUT2D eigenvalue weighted by Crippen LogP contribution is 2.14. The van der Waals surface area contributed by atoms with Crippen LogP contribution in [0.25, 0.3) is 0 Å². The van der Waals surface area contributed by atoms with Gasteiger partial charge in [0.05, 0.1) is 13.2 Å². The van der Waals surface area contributed by atoms with E-state index in [1.54, 1.807) is 11.8 Å². The zero-order valence-corrected chi connectivity index (χ0v) is 12.2. The second-order valence-electron chi connectivity index (χ2n) is 4.53. The van der Waals surface area contributed by atoms with Crippen molar-refractivity contribution in [3.63, 3.8) is 0 Å². The van der Waals surface area contributed by atoms with E-state index in [1.807, 2.05) is 24.3 Å². The van der Waals surface area contributed by atoms with Crippen LogP contribution in [0.1, 0.15) is 12.0 Å². The minimum atomic E-state index is -0.216. The fraction of sp³-hybridized carbons (Fsp3) is 0.429. The van der Waals surface area contributed by atoms with Gasteiger partial charge in [-0.3, -0.25) is 14.9 Å². The van der Waals surface area contributed by atoms with Crippen molar-refractivity contribution in [1.29, 1.82) is 0 Å². The number of amides is 1. The fourth-order valence-electron chi connectivity index (χ4n) is 1.90. The second-order valence-corrected chi connectivity index (χ2v) is 5.56. The van der Waals surface area contributed by atoms with E-state index in [0.717, 1.165) is 22.9 Å². The molecule has 5 nitrogen and oxygen atoms in total. The van der Waals surface area contributed by atoms with Crippen molar-refractivity contribution in [2.24, 2.45) is 0 Å². The Morgan fingerprint density at radius 1 is 1.40 bits per heavy atom. The van der Waals surface area contributed by atoms with Gasteiger partial charge in [0, 0.05) is 23.7 Å². The van der Waals surface area contributed by atoms with Crippen LogP contribution in [0.2, 0.25) is 0 Å². The smallest absolute Gasteiger partial charge is 0.305 e. The molecule has 2 N–H and O–H groups in total. The van der Waals surface area contributed by atoms with Crippen LogP contribution in [0.5, 0.6) is 0 Å². The average Bonchev–Trinajstić information content (AvgIpc) is 3.00. The summed E-state index contributed by atoms with van der Waals surface area (Å²) in [7, 11) is 1.39. The lowest BCUT2D eigenvalue weighted by Crippen LogP contribution is -2.37. The maximum Gasteiger partial charge on any atom is 0.305 e. The van der Waals surface area contributed by atoms with Gasteiger partial charge in [-0.25, -0.2) is 0 Å². The maximum atomic E-state index is 11.9. The monoisotopic (exact) mass is 294 g/mol. The number of hydrogen-bond donors (Lipinski definition) is 2. The molecule has 1 saturated heterocycles. The van der Waals surface area contributed by atoms with Crippen LogP contribution in [-0.2, 0) is 20.7 Å². The van der Waals surface area contributed by atoms with E-state index in [4.69, 9.17) is 0 Å². The Hall–Kier alpha value is -1.53. The molecule has 20 heavy (non-hydrogen) atoms. The third-order valence-electron chi connectivity index (χ3n) is 3.10. The van der Waals surface area contributed by atoms with Gasteiger partial charge in [-0.1, -0.05) is 12.1 Å². The highest BCUT2D eigenvalue weighted by Gasteiger charge is 2.22. The minimum absolute atomic E-state index is 0.00249. The third-order valence-corrected chi connectivity index (χ3v) is 4.04. The fourth-order valence-corrected chi connectivity index (χ4v) is 2.84. The van der Waals surface area contributed by atoms with Crippen LogP contribution in [0, 0.1) is 0 Å². The van der Waals surface area contributed by atoms with Crippen molar-refractivity contribution in [3.05, 3.63) is 29.8 Å². The molecule has 1 aromatic rings. The SMILES string of the molecule is COC(=O)CCc1ccc(NC(=O)C2CSCN2)cc1. The molecule has 1 aliphatic heterocycles. The zero-order chi connectivity index (χ0) is 14.4. The summed E-state index contributed by atoms with van der Waals surface area (Å²) in [4.78, 5) is 23.0. The summed E-state index contributed by atoms with van der Waals surface area (Å²) in [6, 6.07) is 7.42. The van der Waals surface area contributed by atoms with Crippen LogP contribution in [-0.4, -0.2) is 36.7 Å². The first-order chi connectivity index (χ1) is 9.69. The van der Waals surface area contributed by atoms with E-state index in [-0.39, 0.29) is 17.9 Å². The van der Waals surface area contributed by atoms with Gasteiger partial charge in [0.15, 0.2) is 0 Å². The lowest BCUT2D eigenvalue weighted by Gasteiger charge is -2.10. The maximum absolute atomic E-state index is 11.9. The molecule has 1 unspecified atom stereocenters. The number of benzene rings is 1. The van der Waals surface area contributed by atoms with Crippen molar-refractivity contribution in [1.82, 2.24) is 5.32 Å². The molecule has 108 valence electrons. The molecule has 2 rings (SSSR count). The number of esters is 1. The first kappa shape index (κ1) is 14.9. The number of rotatable bonds is 5. The van der Waals surface area contributed by atoms with Crippen LogP contribution in [0.4, 0.5) is 5.69 Å². The Morgan fingerprint density at radius 3 is 2.75 bits per heavy atom. The van der Waals surface area contributed by atoms with E-state index in [2.05, 4.69) is 15.4 Å². The molecule has 1 amide bonds. The molecule has 1 heterocycles. The number of hydrogen-bond acceptors (Lipinski definition) is 5. The van der Waals surface area contributed by atoms with Crippen LogP contribution in [0.15, 0.2) is 24.3 Å². The predicted octanol–water partition coefficient (Wildman–Crippen LogP) is 1.39. The Balaban J connectivity index is 1.84. The number of carbonyl (C=O) groups is 2. The van der Waals surface area contributed by atoms with Gasteiger partial charge in [0.25, 0.3) is 0 Å². The van der Waals surface area contributed by atoms with Crippen molar-refractivity contribution < 1.29 is 14.3 Å². The molecule has 0 aromatic heterocycles. The Kier molecular flexibility index (Phi) is 5.43. The molecule has 0 aliphatic carbocycles. The number of nitrogens with one attached hydrogen (secondary N) is 2. The number of carbonyl (C=O) groups excluding carboxylic acids is 2. The Labute approximate surface area is 122 Å². The first-order valence-corrected chi connectivity index (χ1v) is 7.62. The first-order valence-electron chi connectivity index (χ1n) is 6.47. The molecule has 1 aromatic carbocycles. The van der Waals surface area contributed by atoms with Gasteiger partial charge in [0.1, 0.15) is 0 Å². The molecule has 1 atom stereocenters. The van der Waals surface area contributed by atoms with Gasteiger partial charge < -0.3 is 10.1 Å². The van der Waals surface area contributed by atoms with Gasteiger partial charge >= 0.3 is 5.97 Å². The highest BCUT2D eigenvalue weighted by molar-refractivity contribution is 7.99. The average molecular weight is 294 g/mol. The van der Waals surface area contributed by atoms with E-state index in [0.29, 0.717) is 12.8 Å². The van der Waals surface area contributed by atoms with E-state index in [9.17, 15) is 9.59 Å². The Bertz CT molecular complexity index is 470. The largest absolute Gasteiger partial charge is 0.469 e. The number of ether oxygens (including phenoxy) is 1. The summed E-state index contributed by atoms with van der Waals surface area (Å²) in [5.74, 6) is 1.41. The summed E-state index contributed by atoms with van der Waals surface area (Å²) < 4.78 is 4.60. The van der Waals surface area contributed by atoms with Gasteiger partial charge in [0.2, 0.25) is 5.91 Å². The predicted molar refractivity (Wildman–Crippen MR) is 79.7 cm³/mol. The van der Waals surface area contributed by atoms with Crippen molar-refractivity contribution in [2.75, 3.05) is 24.1 Å². The van der Waals surface area contributed by atoms with E-state index in [1.165, 1.54) is 7.11 Å². The van der Waals surface area contributed by atoms with E-state index < -0.39 is 0 Å². The van der Waals surface area contributed by atoms with Crippen LogP contribution in [0.3, 0.4) is 0 Å². The quantitative estimate of drug-likeness (QED) is 0.803. The topological polar surface area (TPSA) is 67.4 Å². The molecule has 0 spiro atoms. The van der Waals surface area contributed by atoms with Gasteiger partial charge in [-0.15, -0.1) is 11.8 Å². The molecular formula is C14H18N2O3S. The molecule has 6 heteroatoms. The number of thioether (sulfide) groups is 1. The van der Waals surface area contributed by atoms with E-state index >= 15 is 0 Å². The lowest BCUT2D eigenvalue weighted by molar-refractivity contribution is -0.140. The van der Waals surface area contributed by atoms with Crippen molar-refractivity contribution in [2.45, 2.75) is 18.9 Å². The molecule has 0 radical (unpaired) electrons. The summed E-state index contributed by atoms with van der Waals surface area (Å²) in [5, 5.41) is 6.01. The highest BCUT2D eigenvalue weighted by atomic mass is 32.2. The third kappa shape index (κ3) is 4.25. The van der Waals surface area contributed by atoms with Crippen LogP contribution < -0.4 is 10.6 Å². The minimum Gasteiger partial charge on any atom is -0.469 e. The number of aryl methyl sites for hydroxylation is 1. The van der Waals surface area contributed by atoms with Crippen molar-refractivity contribution in [3.8, 4) is 0 Å². The molecule has 1 aliphatic rings. The summed E-state index contributed by atoms with van der Waals surface area (Å²) in [5.41, 5.74) is 1.82. The zero-order valence-electron chi connectivity index (χ0n) is 11.3. The van der Waals surface area contributed by atoms with Crippen LogP contribution >= 0.6 is 11.8 Å². The van der Waals surface area contributed by atoms with Gasteiger partial charge in [-0.2, -0.15) is 0 Å². The molecule has 0 saturated carbocycles. The van der Waals surface area contributed by atoms with Crippen molar-refractivity contribution >= 4 is 29.3 Å². The lowest BCUT2D eigenvalue weighted by atomic mass is 10.1. The molecule has 1 fully saturated rings. The Morgan fingerprint density at radius 2 is 2.15 bits per heavy atom. The normalized spacial score (nSPS) is 17.8. The molecule has 0 bridgehead atoms. The summed E-state index contributed by atoms with van der Waals surface area (Å²) in [6.45, 7) is 0. The van der Waals surface area contributed by atoms with Gasteiger partial charge in [-0.05, 0) is 24.1 Å².